The van der Waals surface area contributed by atoms with E-state index in [1.807, 2.05) is 70.2 Å². The number of rotatable bonds is 5. The molecular weight excluding hydrogens is 496 g/mol. The molecule has 2 amide bonds. The third-order valence-electron chi connectivity index (χ3n) is 9.04. The monoisotopic (exact) mass is 536 g/mol. The minimum absolute atomic E-state index is 0.0734. The average Bonchev–Trinajstić information content (AvgIpc) is 3.31. The molecule has 0 radical (unpaired) electrons. The summed E-state index contributed by atoms with van der Waals surface area (Å²) in [4.78, 5) is 45.8. The largest absolute Gasteiger partial charge is 0.465 e. The lowest BCUT2D eigenvalue weighted by Crippen LogP contribution is -2.59. The summed E-state index contributed by atoms with van der Waals surface area (Å²) in [7, 11) is 0. The highest BCUT2D eigenvalue weighted by Crippen LogP contribution is 2.54. The van der Waals surface area contributed by atoms with Gasteiger partial charge in [0.2, 0.25) is 5.91 Å². The zero-order valence-electron chi connectivity index (χ0n) is 23.3. The first kappa shape index (κ1) is 27.6. The van der Waals surface area contributed by atoms with E-state index in [4.69, 9.17) is 9.47 Å². The summed E-state index contributed by atoms with van der Waals surface area (Å²) in [5.41, 5.74) is 1.39. The number of carbonyl (C=O) groups is 3. The van der Waals surface area contributed by atoms with Gasteiger partial charge in [-0.2, -0.15) is 0 Å². The number of anilines is 1. The van der Waals surface area contributed by atoms with Crippen molar-refractivity contribution in [1.82, 2.24) is 4.90 Å². The fourth-order valence-electron chi connectivity index (χ4n) is 6.75. The van der Waals surface area contributed by atoms with Crippen LogP contribution in [0.4, 0.5) is 5.69 Å². The molecule has 2 fully saturated rings. The molecule has 0 saturated carbocycles. The quantitative estimate of drug-likeness (QED) is 0.457. The number of nitrogens with zero attached hydrogens (tertiary/aromatic N) is 2. The van der Waals surface area contributed by atoms with Crippen LogP contribution in [-0.4, -0.2) is 71.3 Å². The fraction of sp³-hybridized carbons (Fsp3) is 0.581. The topological polar surface area (TPSA) is 96.4 Å². The molecule has 1 spiro atoms. The number of aryl methyl sites for hydroxylation is 2. The van der Waals surface area contributed by atoms with Crippen molar-refractivity contribution in [3.63, 3.8) is 0 Å². The van der Waals surface area contributed by atoms with Gasteiger partial charge in [-0.05, 0) is 56.2 Å². The number of esters is 1. The van der Waals surface area contributed by atoms with Crippen LogP contribution in [-0.2, 0) is 23.9 Å². The van der Waals surface area contributed by atoms with E-state index in [0.29, 0.717) is 13.0 Å². The second-order valence-electron chi connectivity index (χ2n) is 11.5. The molecule has 7 atom stereocenters. The molecule has 210 valence electrons. The van der Waals surface area contributed by atoms with Gasteiger partial charge in [-0.15, -0.1) is 0 Å². The zero-order valence-corrected chi connectivity index (χ0v) is 23.3. The van der Waals surface area contributed by atoms with Crippen LogP contribution < -0.4 is 4.90 Å². The maximum atomic E-state index is 14.6. The second kappa shape index (κ2) is 10.9. The maximum absolute atomic E-state index is 14.6. The summed E-state index contributed by atoms with van der Waals surface area (Å²) >= 11 is 0. The smallest absolute Gasteiger partial charge is 0.312 e. The van der Waals surface area contributed by atoms with Crippen LogP contribution in [0.5, 0.6) is 0 Å². The van der Waals surface area contributed by atoms with E-state index in [9.17, 15) is 19.5 Å². The summed E-state index contributed by atoms with van der Waals surface area (Å²) in [6, 6.07) is 4.34. The number of hydrogen-bond acceptors (Lipinski definition) is 6. The molecule has 0 bridgehead atoms. The van der Waals surface area contributed by atoms with E-state index < -0.39 is 41.6 Å². The van der Waals surface area contributed by atoms with Gasteiger partial charge in [0, 0.05) is 12.2 Å². The lowest BCUT2D eigenvalue weighted by Gasteiger charge is -2.40. The van der Waals surface area contributed by atoms with E-state index >= 15 is 0 Å². The molecule has 2 saturated heterocycles. The molecule has 5 rings (SSSR count). The Morgan fingerprint density at radius 2 is 1.92 bits per heavy atom. The SMILES string of the molecule is CC[C@H](C)[C@H](CO)N1C(=O)[C@@H]2[C@@H]3C(=O)OCCCC/C=C\[C@@H]3O[C@@]23C=CCN(c2cc(C)ccc2C)C(=O)C13. The number of aliphatic hydroxyl groups excluding tert-OH is 1. The van der Waals surface area contributed by atoms with E-state index in [0.717, 1.165) is 36.1 Å². The van der Waals surface area contributed by atoms with Gasteiger partial charge in [0.25, 0.3) is 5.91 Å². The molecule has 1 aromatic carbocycles. The molecule has 4 aliphatic rings. The Morgan fingerprint density at radius 1 is 1.13 bits per heavy atom. The molecule has 4 aliphatic heterocycles. The highest BCUT2D eigenvalue weighted by molar-refractivity contribution is 6.06. The summed E-state index contributed by atoms with van der Waals surface area (Å²) in [5, 5.41) is 10.5. The van der Waals surface area contributed by atoms with Crippen molar-refractivity contribution in [3.05, 3.63) is 53.6 Å². The molecule has 1 aromatic rings. The highest BCUT2D eigenvalue weighted by atomic mass is 16.6. The number of hydrogen-bond donors (Lipinski definition) is 1. The molecule has 1 N–H and O–H groups in total. The van der Waals surface area contributed by atoms with Gasteiger partial charge in [0.05, 0.1) is 31.3 Å². The Bertz CT molecular complexity index is 1190. The molecule has 39 heavy (non-hydrogen) atoms. The van der Waals surface area contributed by atoms with Crippen molar-refractivity contribution in [3.8, 4) is 0 Å². The van der Waals surface area contributed by atoms with Crippen molar-refractivity contribution < 1.29 is 29.0 Å². The van der Waals surface area contributed by atoms with Crippen LogP contribution in [0.2, 0.25) is 0 Å². The number of carbonyl (C=O) groups excluding carboxylic acids is 3. The van der Waals surface area contributed by atoms with Crippen molar-refractivity contribution in [1.29, 1.82) is 0 Å². The number of amides is 2. The number of likely N-dealkylation sites (tertiary alicyclic amines) is 1. The van der Waals surface area contributed by atoms with Crippen molar-refractivity contribution >= 4 is 23.5 Å². The van der Waals surface area contributed by atoms with Crippen LogP contribution in [0.3, 0.4) is 0 Å². The van der Waals surface area contributed by atoms with Gasteiger partial charge >= 0.3 is 5.97 Å². The Balaban J connectivity index is 1.67. The number of cyclic esters (lactones) is 1. The third kappa shape index (κ3) is 4.51. The van der Waals surface area contributed by atoms with E-state index in [1.165, 1.54) is 0 Å². The third-order valence-corrected chi connectivity index (χ3v) is 9.04. The van der Waals surface area contributed by atoms with E-state index in [2.05, 4.69) is 0 Å². The molecule has 8 nitrogen and oxygen atoms in total. The molecule has 8 heteroatoms. The standard InChI is InChI=1S/C31H40N2O6/c1-5-20(3)23(18-34)33-27-29(36)32(22-17-19(2)12-13-21(22)4)15-10-14-31(27)26(28(33)35)25-24(39-31)11-8-6-7-9-16-38-30(25)37/h8,10-14,17,20,23-27,34H,5-7,9,15-16,18H2,1-4H3/b11-8-/t20-,23-,24-,25+,26-,27?,31-/m0/s1. The van der Waals surface area contributed by atoms with Crippen LogP contribution in [0.25, 0.3) is 0 Å². The highest BCUT2D eigenvalue weighted by Gasteiger charge is 2.72. The van der Waals surface area contributed by atoms with E-state index in [1.54, 1.807) is 9.80 Å². The maximum Gasteiger partial charge on any atom is 0.312 e. The number of aliphatic hydroxyl groups is 1. The van der Waals surface area contributed by atoms with Crippen LogP contribution >= 0.6 is 0 Å². The Morgan fingerprint density at radius 3 is 2.67 bits per heavy atom. The van der Waals surface area contributed by atoms with Crippen LogP contribution in [0.1, 0.15) is 50.7 Å². The lowest BCUT2D eigenvalue weighted by atomic mass is 9.78. The summed E-state index contributed by atoms with van der Waals surface area (Å²) in [5.74, 6) is -2.96. The summed E-state index contributed by atoms with van der Waals surface area (Å²) in [6.45, 7) is 8.22. The van der Waals surface area contributed by atoms with Crippen molar-refractivity contribution in [2.24, 2.45) is 17.8 Å². The molecule has 1 unspecified atom stereocenters. The first-order valence-electron chi connectivity index (χ1n) is 14.3. The van der Waals surface area contributed by atoms with Gasteiger partial charge in [-0.3, -0.25) is 14.4 Å². The minimum atomic E-state index is -1.35. The first-order chi connectivity index (χ1) is 18.7. The van der Waals surface area contributed by atoms with Gasteiger partial charge < -0.3 is 24.4 Å². The Hall–Kier alpha value is -2.97. The Labute approximate surface area is 230 Å². The second-order valence-corrected chi connectivity index (χ2v) is 11.5. The van der Waals surface area contributed by atoms with E-state index in [-0.39, 0.29) is 30.9 Å². The molecular formula is C31H40N2O6. The Kier molecular flexibility index (Phi) is 7.71. The number of benzene rings is 1. The van der Waals surface area contributed by atoms with Crippen molar-refractivity contribution in [2.75, 3.05) is 24.7 Å². The van der Waals surface area contributed by atoms with Gasteiger partial charge in [0.15, 0.2) is 0 Å². The molecule has 0 aliphatic carbocycles. The molecule has 4 heterocycles. The average molecular weight is 537 g/mol. The number of fused-ring (bicyclic) bond motifs is 2. The van der Waals surface area contributed by atoms with Crippen LogP contribution in [0, 0.1) is 31.6 Å². The number of allylic oxidation sites excluding steroid dienone is 1. The van der Waals surface area contributed by atoms with Gasteiger partial charge in [0.1, 0.15) is 17.6 Å². The van der Waals surface area contributed by atoms with Crippen LogP contribution in [0.15, 0.2) is 42.5 Å². The normalized spacial score (nSPS) is 33.1. The molecule has 0 aromatic heterocycles. The van der Waals surface area contributed by atoms with Gasteiger partial charge in [-0.1, -0.05) is 56.7 Å². The minimum Gasteiger partial charge on any atom is -0.465 e. The first-order valence-corrected chi connectivity index (χ1v) is 14.3. The summed E-state index contributed by atoms with van der Waals surface area (Å²) in [6.07, 6.45) is 10.1. The zero-order chi connectivity index (χ0) is 27.9. The predicted octanol–water partition coefficient (Wildman–Crippen LogP) is 3.48. The fourth-order valence-corrected chi connectivity index (χ4v) is 6.75. The van der Waals surface area contributed by atoms with Crippen molar-refractivity contribution in [2.45, 2.75) is 77.2 Å². The number of ether oxygens (including phenoxy) is 2. The predicted molar refractivity (Wildman–Crippen MR) is 147 cm³/mol. The summed E-state index contributed by atoms with van der Waals surface area (Å²) < 4.78 is 12.4. The lowest BCUT2D eigenvalue weighted by molar-refractivity contribution is -0.155. The van der Waals surface area contributed by atoms with Gasteiger partial charge in [-0.25, -0.2) is 0 Å².